The van der Waals surface area contributed by atoms with Gasteiger partial charge in [0.05, 0.1) is 11.5 Å². The molecule has 126 valence electrons. The normalized spacial score (nSPS) is 12.0. The minimum atomic E-state index is -3.54. The van der Waals surface area contributed by atoms with Crippen LogP contribution in [0.2, 0.25) is 0 Å². The van der Waals surface area contributed by atoms with Crippen LogP contribution in [0.3, 0.4) is 0 Å². The van der Waals surface area contributed by atoms with Crippen LogP contribution < -0.4 is 9.46 Å². The molecule has 0 fully saturated rings. The monoisotopic (exact) mass is 335 g/mol. The molecule has 0 aliphatic heterocycles. The highest BCUT2D eigenvalue weighted by Crippen LogP contribution is 2.31. The molecular formula is C18H25NO3S. The summed E-state index contributed by atoms with van der Waals surface area (Å²) in [5.74, 6) is 0.736. The summed E-state index contributed by atoms with van der Waals surface area (Å²) in [5.41, 5.74) is 0. The Hall–Kier alpha value is -1.59. The van der Waals surface area contributed by atoms with E-state index >= 15 is 0 Å². The molecule has 0 spiro atoms. The first-order valence-corrected chi connectivity index (χ1v) is 9.61. The van der Waals surface area contributed by atoms with E-state index in [1.165, 1.54) is 0 Å². The van der Waals surface area contributed by atoms with E-state index in [9.17, 15) is 8.42 Å². The SMILES string of the molecule is CCCCCOc1ccc(S(=O)(=O)NC(C)C)c2ccccc12. The third-order valence-corrected chi connectivity index (χ3v) is 5.25. The first-order valence-electron chi connectivity index (χ1n) is 8.12. The Morgan fingerprint density at radius 3 is 2.39 bits per heavy atom. The van der Waals surface area contributed by atoms with Crippen LogP contribution in [0.25, 0.3) is 10.8 Å². The third-order valence-electron chi connectivity index (χ3n) is 3.53. The number of unbranched alkanes of at least 4 members (excludes halogenated alkanes) is 2. The van der Waals surface area contributed by atoms with Crippen LogP contribution in [0.4, 0.5) is 0 Å². The van der Waals surface area contributed by atoms with E-state index in [0.717, 1.165) is 30.4 Å². The van der Waals surface area contributed by atoms with Crippen molar-refractivity contribution in [3.8, 4) is 5.75 Å². The molecule has 2 aromatic carbocycles. The zero-order valence-electron chi connectivity index (χ0n) is 14.0. The predicted molar refractivity (Wildman–Crippen MR) is 94.4 cm³/mol. The van der Waals surface area contributed by atoms with Crippen LogP contribution in [0, 0.1) is 0 Å². The molecule has 2 aromatic rings. The Morgan fingerprint density at radius 1 is 1.04 bits per heavy atom. The second-order valence-corrected chi connectivity index (χ2v) is 7.62. The average Bonchev–Trinajstić information content (AvgIpc) is 2.50. The van der Waals surface area contributed by atoms with Gasteiger partial charge in [-0.1, -0.05) is 44.0 Å². The molecule has 0 radical (unpaired) electrons. The second kappa shape index (κ2) is 7.79. The summed E-state index contributed by atoms with van der Waals surface area (Å²) >= 11 is 0. The first-order chi connectivity index (χ1) is 11.0. The number of fused-ring (bicyclic) bond motifs is 1. The Morgan fingerprint density at radius 2 is 1.74 bits per heavy atom. The second-order valence-electron chi connectivity index (χ2n) is 5.94. The molecule has 0 aromatic heterocycles. The van der Waals surface area contributed by atoms with Gasteiger partial charge < -0.3 is 4.74 Å². The molecule has 0 saturated heterocycles. The Labute approximate surface area is 138 Å². The van der Waals surface area contributed by atoms with Gasteiger partial charge in [0.15, 0.2) is 0 Å². The van der Waals surface area contributed by atoms with Gasteiger partial charge in [0, 0.05) is 16.8 Å². The smallest absolute Gasteiger partial charge is 0.241 e. The minimum absolute atomic E-state index is 0.149. The zero-order chi connectivity index (χ0) is 16.9. The highest BCUT2D eigenvalue weighted by atomic mass is 32.2. The van der Waals surface area contributed by atoms with Gasteiger partial charge in [-0.3, -0.25) is 0 Å². The molecule has 1 N–H and O–H groups in total. The van der Waals surface area contributed by atoms with Crippen molar-refractivity contribution in [2.75, 3.05) is 6.61 Å². The summed E-state index contributed by atoms with van der Waals surface area (Å²) in [6.07, 6.45) is 3.27. The summed E-state index contributed by atoms with van der Waals surface area (Å²) in [4.78, 5) is 0.294. The maximum absolute atomic E-state index is 12.5. The maximum Gasteiger partial charge on any atom is 0.241 e. The van der Waals surface area contributed by atoms with Gasteiger partial charge >= 0.3 is 0 Å². The standard InChI is InChI=1S/C18H25NO3S/c1-4-5-8-13-22-17-11-12-18(23(20,21)19-14(2)3)16-10-7-6-9-15(16)17/h6-7,9-12,14,19H,4-5,8,13H2,1-3H3. The quantitative estimate of drug-likeness (QED) is 0.739. The fourth-order valence-corrected chi connectivity index (χ4v) is 3.97. The lowest BCUT2D eigenvalue weighted by molar-refractivity contribution is 0.309. The highest BCUT2D eigenvalue weighted by molar-refractivity contribution is 7.89. The summed E-state index contributed by atoms with van der Waals surface area (Å²) < 4.78 is 33.5. The van der Waals surface area contributed by atoms with Crippen molar-refractivity contribution in [3.63, 3.8) is 0 Å². The zero-order valence-corrected chi connectivity index (χ0v) is 14.8. The number of rotatable bonds is 8. The maximum atomic E-state index is 12.5. The molecular weight excluding hydrogens is 310 g/mol. The number of hydrogen-bond donors (Lipinski definition) is 1. The van der Waals surface area contributed by atoms with Crippen molar-refractivity contribution in [2.24, 2.45) is 0 Å². The van der Waals surface area contributed by atoms with Crippen LogP contribution in [-0.4, -0.2) is 21.1 Å². The number of sulfonamides is 1. The van der Waals surface area contributed by atoms with E-state index in [1.54, 1.807) is 12.1 Å². The van der Waals surface area contributed by atoms with Gasteiger partial charge in [-0.25, -0.2) is 13.1 Å². The summed E-state index contributed by atoms with van der Waals surface area (Å²) in [6.45, 7) is 6.42. The summed E-state index contributed by atoms with van der Waals surface area (Å²) in [6, 6.07) is 10.7. The number of benzene rings is 2. The van der Waals surface area contributed by atoms with E-state index < -0.39 is 10.0 Å². The number of ether oxygens (including phenoxy) is 1. The molecule has 5 heteroatoms. The highest BCUT2D eigenvalue weighted by Gasteiger charge is 2.19. The van der Waals surface area contributed by atoms with Crippen LogP contribution >= 0.6 is 0 Å². The molecule has 0 bridgehead atoms. The van der Waals surface area contributed by atoms with Crippen molar-refractivity contribution in [2.45, 2.75) is 51.0 Å². The molecule has 0 heterocycles. The average molecular weight is 335 g/mol. The number of nitrogens with one attached hydrogen (secondary N) is 1. The molecule has 23 heavy (non-hydrogen) atoms. The largest absolute Gasteiger partial charge is 0.493 e. The molecule has 2 rings (SSSR count). The van der Waals surface area contributed by atoms with E-state index in [-0.39, 0.29) is 6.04 Å². The lowest BCUT2D eigenvalue weighted by Gasteiger charge is -2.14. The van der Waals surface area contributed by atoms with Crippen LogP contribution in [0.15, 0.2) is 41.3 Å². The molecule has 4 nitrogen and oxygen atoms in total. The summed E-state index contributed by atoms with van der Waals surface area (Å²) in [7, 11) is -3.54. The van der Waals surface area contributed by atoms with Crippen molar-refractivity contribution in [1.29, 1.82) is 0 Å². The Bertz CT molecular complexity index is 754. The van der Waals surface area contributed by atoms with E-state index in [2.05, 4.69) is 11.6 Å². The lowest BCUT2D eigenvalue weighted by atomic mass is 10.1. The molecule has 0 aliphatic rings. The first kappa shape index (κ1) is 17.8. The van der Waals surface area contributed by atoms with Gasteiger partial charge in [0.2, 0.25) is 10.0 Å². The van der Waals surface area contributed by atoms with E-state index in [1.807, 2.05) is 38.1 Å². The van der Waals surface area contributed by atoms with Crippen LogP contribution in [0.5, 0.6) is 5.75 Å². The molecule has 0 amide bonds. The van der Waals surface area contributed by atoms with Gasteiger partial charge in [-0.2, -0.15) is 0 Å². The van der Waals surface area contributed by atoms with Gasteiger partial charge in [0.25, 0.3) is 0 Å². The van der Waals surface area contributed by atoms with Crippen molar-refractivity contribution in [1.82, 2.24) is 4.72 Å². The summed E-state index contributed by atoms with van der Waals surface area (Å²) in [5, 5.41) is 1.52. The fourth-order valence-electron chi connectivity index (χ4n) is 2.51. The predicted octanol–water partition coefficient (Wildman–Crippen LogP) is 4.10. The molecule has 0 aliphatic carbocycles. The number of hydrogen-bond acceptors (Lipinski definition) is 3. The Balaban J connectivity index is 2.39. The molecule has 0 atom stereocenters. The van der Waals surface area contributed by atoms with Gasteiger partial charge in [0.1, 0.15) is 5.75 Å². The van der Waals surface area contributed by atoms with Crippen LogP contribution in [0.1, 0.15) is 40.0 Å². The van der Waals surface area contributed by atoms with Gasteiger partial charge in [-0.15, -0.1) is 0 Å². The topological polar surface area (TPSA) is 55.4 Å². The van der Waals surface area contributed by atoms with E-state index in [4.69, 9.17) is 4.74 Å². The van der Waals surface area contributed by atoms with Crippen molar-refractivity contribution >= 4 is 20.8 Å². The minimum Gasteiger partial charge on any atom is -0.493 e. The fraction of sp³-hybridized carbons (Fsp3) is 0.444. The van der Waals surface area contributed by atoms with Crippen LogP contribution in [-0.2, 0) is 10.0 Å². The van der Waals surface area contributed by atoms with Gasteiger partial charge in [-0.05, 0) is 32.4 Å². The van der Waals surface area contributed by atoms with E-state index in [0.29, 0.717) is 16.9 Å². The third kappa shape index (κ3) is 4.45. The Kier molecular flexibility index (Phi) is 6.02. The lowest BCUT2D eigenvalue weighted by Crippen LogP contribution is -2.30. The molecule has 0 saturated carbocycles. The van der Waals surface area contributed by atoms with Crippen molar-refractivity contribution in [3.05, 3.63) is 36.4 Å². The van der Waals surface area contributed by atoms with Crippen molar-refractivity contribution < 1.29 is 13.2 Å². The molecule has 0 unspecified atom stereocenters.